The van der Waals surface area contributed by atoms with Crippen LogP contribution in [0.2, 0.25) is 0 Å². The van der Waals surface area contributed by atoms with Gasteiger partial charge in [-0.15, -0.1) is 11.8 Å². The minimum Gasteiger partial charge on any atom is -0.351 e. The summed E-state index contributed by atoms with van der Waals surface area (Å²) in [6.45, 7) is 0.0926. The van der Waals surface area contributed by atoms with Crippen molar-refractivity contribution in [1.29, 1.82) is 0 Å². The van der Waals surface area contributed by atoms with Gasteiger partial charge >= 0.3 is 0 Å². The van der Waals surface area contributed by atoms with Crippen LogP contribution < -0.4 is 5.32 Å². The van der Waals surface area contributed by atoms with Crippen LogP contribution in [0.5, 0.6) is 0 Å². The lowest BCUT2D eigenvalue weighted by atomic mass is 10.3. The number of carbonyl (C=O) groups is 1. The van der Waals surface area contributed by atoms with Gasteiger partial charge in [-0.25, -0.2) is 8.42 Å². The normalized spacial score (nSPS) is 11.5. The molecule has 128 valence electrons. The predicted molar refractivity (Wildman–Crippen MR) is 94.1 cm³/mol. The van der Waals surface area contributed by atoms with Crippen molar-refractivity contribution in [3.05, 3.63) is 54.4 Å². The molecule has 0 radical (unpaired) electrons. The molecular formula is C16H19N3O3S2. The standard InChI is InChI=1S/C16H19N3O3S2/c1-19(12-16(20)18-11-13-7-9-17-10-8-13)24(21,22)15-5-3-14(23-2)4-6-15/h3-10H,11-12H2,1-2H3,(H,18,20). The fourth-order valence-electron chi connectivity index (χ4n) is 1.97. The highest BCUT2D eigenvalue weighted by Crippen LogP contribution is 2.19. The zero-order valence-electron chi connectivity index (χ0n) is 13.5. The monoisotopic (exact) mass is 365 g/mol. The van der Waals surface area contributed by atoms with Crippen molar-refractivity contribution in [2.24, 2.45) is 0 Å². The number of hydrogen-bond acceptors (Lipinski definition) is 5. The van der Waals surface area contributed by atoms with Crippen molar-refractivity contribution in [3.8, 4) is 0 Å². The SMILES string of the molecule is CSc1ccc(S(=O)(=O)N(C)CC(=O)NCc2ccncc2)cc1. The number of nitrogens with one attached hydrogen (secondary N) is 1. The van der Waals surface area contributed by atoms with Gasteiger partial charge in [-0.1, -0.05) is 0 Å². The van der Waals surface area contributed by atoms with Gasteiger partial charge in [-0.3, -0.25) is 9.78 Å². The number of carbonyl (C=O) groups excluding carboxylic acids is 1. The molecule has 0 unspecified atom stereocenters. The van der Waals surface area contributed by atoms with Crippen molar-refractivity contribution in [2.45, 2.75) is 16.3 Å². The molecule has 8 heteroatoms. The molecule has 1 aromatic carbocycles. The van der Waals surface area contributed by atoms with E-state index in [2.05, 4.69) is 10.3 Å². The molecule has 0 aliphatic heterocycles. The number of hydrogen-bond donors (Lipinski definition) is 1. The molecular weight excluding hydrogens is 346 g/mol. The Balaban J connectivity index is 1.96. The topological polar surface area (TPSA) is 79.4 Å². The Hall–Kier alpha value is -1.90. The Bertz CT molecular complexity index is 778. The van der Waals surface area contributed by atoms with Gasteiger partial charge in [0.15, 0.2) is 0 Å². The highest BCUT2D eigenvalue weighted by molar-refractivity contribution is 7.98. The smallest absolute Gasteiger partial charge is 0.243 e. The molecule has 0 atom stereocenters. The number of pyridine rings is 1. The number of benzene rings is 1. The summed E-state index contributed by atoms with van der Waals surface area (Å²) in [7, 11) is -2.30. The Kier molecular flexibility index (Phi) is 6.36. The maximum atomic E-state index is 12.5. The zero-order chi connectivity index (χ0) is 17.6. The molecule has 2 aromatic rings. The minimum atomic E-state index is -3.69. The number of amides is 1. The molecule has 0 saturated heterocycles. The van der Waals surface area contributed by atoms with E-state index < -0.39 is 10.0 Å². The molecule has 1 aromatic heterocycles. The van der Waals surface area contributed by atoms with E-state index in [-0.39, 0.29) is 17.3 Å². The predicted octanol–water partition coefficient (Wildman–Crippen LogP) is 1.74. The Morgan fingerprint density at radius 3 is 2.38 bits per heavy atom. The van der Waals surface area contributed by atoms with Gasteiger partial charge in [0.1, 0.15) is 0 Å². The number of likely N-dealkylation sites (N-methyl/N-ethyl adjacent to an activating group) is 1. The minimum absolute atomic E-state index is 0.171. The largest absolute Gasteiger partial charge is 0.351 e. The fraction of sp³-hybridized carbons (Fsp3) is 0.250. The lowest BCUT2D eigenvalue weighted by Gasteiger charge is -2.17. The Morgan fingerprint density at radius 2 is 1.79 bits per heavy atom. The molecule has 24 heavy (non-hydrogen) atoms. The van der Waals surface area contributed by atoms with Crippen LogP contribution in [0.25, 0.3) is 0 Å². The molecule has 0 aliphatic rings. The molecule has 6 nitrogen and oxygen atoms in total. The van der Waals surface area contributed by atoms with Gasteiger partial charge in [-0.2, -0.15) is 4.31 Å². The van der Waals surface area contributed by atoms with Crippen molar-refractivity contribution in [3.63, 3.8) is 0 Å². The molecule has 1 amide bonds. The molecule has 1 N–H and O–H groups in total. The van der Waals surface area contributed by atoms with Gasteiger partial charge in [0.25, 0.3) is 0 Å². The van der Waals surface area contributed by atoms with Gasteiger partial charge in [0, 0.05) is 30.9 Å². The summed E-state index contributed by atoms with van der Waals surface area (Å²) < 4.78 is 26.0. The van der Waals surface area contributed by atoms with Crippen molar-refractivity contribution >= 4 is 27.7 Å². The summed E-state index contributed by atoms with van der Waals surface area (Å²) in [5.41, 5.74) is 0.900. The average molecular weight is 365 g/mol. The average Bonchev–Trinajstić information content (AvgIpc) is 2.60. The number of nitrogens with zero attached hydrogens (tertiary/aromatic N) is 2. The van der Waals surface area contributed by atoms with E-state index in [1.165, 1.54) is 18.8 Å². The molecule has 0 bridgehead atoms. The fourth-order valence-corrected chi connectivity index (χ4v) is 3.51. The summed E-state index contributed by atoms with van der Waals surface area (Å²) in [6.07, 6.45) is 5.19. The van der Waals surface area contributed by atoms with Gasteiger partial charge in [0.2, 0.25) is 15.9 Å². The van der Waals surface area contributed by atoms with Crippen molar-refractivity contribution in [2.75, 3.05) is 19.8 Å². The van der Waals surface area contributed by atoms with Crippen LogP contribution in [0.1, 0.15) is 5.56 Å². The van der Waals surface area contributed by atoms with Crippen LogP contribution in [0.4, 0.5) is 0 Å². The summed E-state index contributed by atoms with van der Waals surface area (Å²) in [4.78, 5) is 17.0. The van der Waals surface area contributed by atoms with E-state index in [4.69, 9.17) is 0 Å². The highest BCUT2D eigenvalue weighted by atomic mass is 32.2. The lowest BCUT2D eigenvalue weighted by Crippen LogP contribution is -2.38. The third-order valence-corrected chi connectivity index (χ3v) is 5.93. The first-order valence-electron chi connectivity index (χ1n) is 7.19. The third kappa shape index (κ3) is 4.80. The van der Waals surface area contributed by atoms with E-state index in [9.17, 15) is 13.2 Å². The van der Waals surface area contributed by atoms with E-state index in [0.29, 0.717) is 6.54 Å². The Labute approximate surface area is 146 Å². The number of aromatic nitrogens is 1. The summed E-state index contributed by atoms with van der Waals surface area (Å²) >= 11 is 1.53. The zero-order valence-corrected chi connectivity index (χ0v) is 15.1. The quantitative estimate of drug-likeness (QED) is 0.756. The Morgan fingerprint density at radius 1 is 1.17 bits per heavy atom. The first-order valence-corrected chi connectivity index (χ1v) is 9.86. The number of thioether (sulfide) groups is 1. The molecule has 0 spiro atoms. The summed E-state index contributed by atoms with van der Waals surface area (Å²) in [5.74, 6) is -0.362. The van der Waals surface area contributed by atoms with Crippen LogP contribution in [-0.4, -0.2) is 43.5 Å². The van der Waals surface area contributed by atoms with Crippen LogP contribution in [0.3, 0.4) is 0 Å². The first kappa shape index (κ1) is 18.4. The third-order valence-electron chi connectivity index (χ3n) is 3.37. The van der Waals surface area contributed by atoms with Gasteiger partial charge in [0.05, 0.1) is 11.4 Å². The second kappa shape index (κ2) is 8.27. The van der Waals surface area contributed by atoms with Crippen molar-refractivity contribution < 1.29 is 13.2 Å². The first-order chi connectivity index (χ1) is 11.4. The van der Waals surface area contributed by atoms with Crippen LogP contribution in [0.15, 0.2) is 58.6 Å². The van der Waals surface area contributed by atoms with E-state index in [1.54, 1.807) is 48.8 Å². The molecule has 1 heterocycles. The maximum Gasteiger partial charge on any atom is 0.243 e. The summed E-state index contributed by atoms with van der Waals surface area (Å²) in [5, 5.41) is 2.70. The molecule has 0 fully saturated rings. The van der Waals surface area contributed by atoms with Crippen LogP contribution in [-0.2, 0) is 21.4 Å². The van der Waals surface area contributed by atoms with E-state index in [0.717, 1.165) is 14.8 Å². The molecule has 0 aliphatic carbocycles. The molecule has 2 rings (SSSR count). The van der Waals surface area contributed by atoms with E-state index >= 15 is 0 Å². The lowest BCUT2D eigenvalue weighted by molar-refractivity contribution is -0.121. The summed E-state index contributed by atoms with van der Waals surface area (Å²) in [6, 6.07) is 10.2. The highest BCUT2D eigenvalue weighted by Gasteiger charge is 2.22. The number of sulfonamides is 1. The second-order valence-corrected chi connectivity index (χ2v) is 7.99. The maximum absolute atomic E-state index is 12.5. The van der Waals surface area contributed by atoms with Gasteiger partial charge < -0.3 is 5.32 Å². The second-order valence-electron chi connectivity index (χ2n) is 5.07. The number of rotatable bonds is 7. The van der Waals surface area contributed by atoms with Crippen LogP contribution in [0, 0.1) is 0 Å². The van der Waals surface area contributed by atoms with Crippen LogP contribution >= 0.6 is 11.8 Å². The molecule has 0 saturated carbocycles. The van der Waals surface area contributed by atoms with Gasteiger partial charge in [-0.05, 0) is 48.2 Å². The van der Waals surface area contributed by atoms with Crippen molar-refractivity contribution in [1.82, 2.24) is 14.6 Å². The van der Waals surface area contributed by atoms with E-state index in [1.807, 2.05) is 6.26 Å².